The van der Waals surface area contributed by atoms with Gasteiger partial charge in [0.2, 0.25) is 5.91 Å². The van der Waals surface area contributed by atoms with Gasteiger partial charge in [-0.2, -0.15) is 5.26 Å². The van der Waals surface area contributed by atoms with E-state index in [2.05, 4.69) is 56.4 Å². The predicted molar refractivity (Wildman–Crippen MR) is 127 cm³/mol. The predicted octanol–water partition coefficient (Wildman–Crippen LogP) is 6.65. The van der Waals surface area contributed by atoms with Gasteiger partial charge in [0.25, 0.3) is 0 Å². The van der Waals surface area contributed by atoms with Crippen LogP contribution in [-0.4, -0.2) is 11.7 Å². The summed E-state index contributed by atoms with van der Waals surface area (Å²) < 4.78 is 0. The molecule has 0 spiro atoms. The quantitative estimate of drug-likeness (QED) is 0.467. The van der Waals surface area contributed by atoms with Gasteiger partial charge in [0, 0.05) is 9.77 Å². The molecule has 1 amide bonds. The molecule has 1 aromatic heterocycles. The first-order valence-electron chi connectivity index (χ1n) is 10.3. The maximum absolute atomic E-state index is 12.7. The molecule has 4 rings (SSSR count). The van der Waals surface area contributed by atoms with E-state index in [1.165, 1.54) is 22.0 Å². The van der Waals surface area contributed by atoms with Gasteiger partial charge in [0.1, 0.15) is 11.1 Å². The van der Waals surface area contributed by atoms with Crippen LogP contribution in [0, 0.1) is 22.7 Å². The Morgan fingerprint density at radius 1 is 1.23 bits per heavy atom. The lowest BCUT2D eigenvalue weighted by Gasteiger charge is -2.33. The molecule has 0 aliphatic heterocycles. The van der Waals surface area contributed by atoms with E-state index in [4.69, 9.17) is 0 Å². The largest absolute Gasteiger partial charge is 0.316 e. The number of fused-ring (bicyclic) bond motifs is 2. The zero-order valence-corrected chi connectivity index (χ0v) is 19.3. The molecule has 2 aromatic carbocycles. The highest BCUT2D eigenvalue weighted by Crippen LogP contribution is 2.44. The van der Waals surface area contributed by atoms with Crippen LogP contribution in [0.25, 0.3) is 10.8 Å². The fourth-order valence-corrected chi connectivity index (χ4v) is 6.33. The molecule has 0 radical (unpaired) electrons. The van der Waals surface area contributed by atoms with Crippen LogP contribution in [0.1, 0.15) is 43.2 Å². The lowest BCUT2D eigenvalue weighted by molar-refractivity contribution is -0.113. The van der Waals surface area contributed by atoms with Gasteiger partial charge >= 0.3 is 0 Å². The van der Waals surface area contributed by atoms with Crippen molar-refractivity contribution >= 4 is 44.8 Å². The number of hydrogen-bond acceptors (Lipinski definition) is 4. The first kappa shape index (κ1) is 21.0. The van der Waals surface area contributed by atoms with Crippen molar-refractivity contribution in [1.82, 2.24) is 0 Å². The molecule has 0 bridgehead atoms. The summed E-state index contributed by atoms with van der Waals surface area (Å²) in [5.74, 6) is 0.877. The summed E-state index contributed by atoms with van der Waals surface area (Å²) >= 11 is 3.13. The molecule has 1 aliphatic rings. The van der Waals surface area contributed by atoms with Crippen molar-refractivity contribution in [3.05, 3.63) is 58.5 Å². The van der Waals surface area contributed by atoms with E-state index < -0.39 is 0 Å². The average Bonchev–Trinajstić information content (AvgIpc) is 3.07. The Hall–Kier alpha value is -2.29. The van der Waals surface area contributed by atoms with E-state index in [0.717, 1.165) is 40.1 Å². The molecule has 154 valence electrons. The standard InChI is InChI=1S/C25H26N2OS2/c1-25(2,3)17-11-12-19-20(14-26)24(30-22(19)13-17)27-23(28)15-29-21-10-6-8-16-7-4-5-9-18(16)21/h4-10,17H,11-13,15H2,1-3H3,(H,27,28)/t17-/m0/s1. The van der Waals surface area contributed by atoms with Gasteiger partial charge in [-0.3, -0.25) is 4.79 Å². The van der Waals surface area contributed by atoms with E-state index in [-0.39, 0.29) is 11.3 Å². The molecule has 1 N–H and O–H groups in total. The highest BCUT2D eigenvalue weighted by Gasteiger charge is 2.32. The lowest BCUT2D eigenvalue weighted by Crippen LogP contribution is -2.26. The Morgan fingerprint density at radius 3 is 2.77 bits per heavy atom. The Labute approximate surface area is 186 Å². The van der Waals surface area contributed by atoms with Gasteiger partial charge in [-0.05, 0) is 53.0 Å². The zero-order valence-electron chi connectivity index (χ0n) is 17.6. The van der Waals surface area contributed by atoms with Crippen molar-refractivity contribution in [1.29, 1.82) is 5.26 Å². The minimum atomic E-state index is -0.0598. The number of nitriles is 1. The molecule has 0 fully saturated rings. The minimum Gasteiger partial charge on any atom is -0.316 e. The van der Waals surface area contributed by atoms with Gasteiger partial charge in [-0.25, -0.2) is 0 Å². The number of carbonyl (C=O) groups is 1. The van der Waals surface area contributed by atoms with Crippen molar-refractivity contribution in [2.24, 2.45) is 11.3 Å². The monoisotopic (exact) mass is 434 g/mol. The molecule has 1 atom stereocenters. The van der Waals surface area contributed by atoms with E-state index in [0.29, 0.717) is 17.2 Å². The molecule has 1 aliphatic carbocycles. The Bertz CT molecular complexity index is 1130. The van der Waals surface area contributed by atoms with Gasteiger partial charge in [-0.1, -0.05) is 57.2 Å². The van der Waals surface area contributed by atoms with Crippen LogP contribution >= 0.6 is 23.1 Å². The normalized spacial score (nSPS) is 16.1. The summed E-state index contributed by atoms with van der Waals surface area (Å²) in [6.07, 6.45) is 3.03. The zero-order chi connectivity index (χ0) is 21.3. The van der Waals surface area contributed by atoms with Crippen LogP contribution < -0.4 is 5.32 Å². The highest BCUT2D eigenvalue weighted by molar-refractivity contribution is 8.00. The SMILES string of the molecule is CC(C)(C)[C@H]1CCc2c(sc(NC(=O)CSc3cccc4ccccc34)c2C#N)C1. The van der Waals surface area contributed by atoms with E-state index >= 15 is 0 Å². The number of hydrogen-bond donors (Lipinski definition) is 1. The van der Waals surface area contributed by atoms with Crippen LogP contribution in [-0.2, 0) is 17.6 Å². The molecule has 1 heterocycles. The molecule has 5 heteroatoms. The van der Waals surface area contributed by atoms with Crippen molar-refractivity contribution in [3.8, 4) is 6.07 Å². The molecule has 30 heavy (non-hydrogen) atoms. The van der Waals surface area contributed by atoms with E-state index in [1.807, 2.05) is 18.2 Å². The second-order valence-corrected chi connectivity index (χ2v) is 11.1. The second kappa shape index (κ2) is 8.45. The van der Waals surface area contributed by atoms with E-state index in [9.17, 15) is 10.1 Å². The van der Waals surface area contributed by atoms with Crippen molar-refractivity contribution in [2.75, 3.05) is 11.1 Å². The number of nitrogens with one attached hydrogen (secondary N) is 1. The fourth-order valence-electron chi connectivity index (χ4n) is 4.16. The number of thiophene rings is 1. The van der Waals surface area contributed by atoms with Crippen molar-refractivity contribution in [3.63, 3.8) is 0 Å². The van der Waals surface area contributed by atoms with Gasteiger partial charge in [-0.15, -0.1) is 23.1 Å². The second-order valence-electron chi connectivity index (χ2n) is 8.94. The van der Waals surface area contributed by atoms with Gasteiger partial charge < -0.3 is 5.32 Å². The number of anilines is 1. The van der Waals surface area contributed by atoms with Crippen LogP contribution in [0.5, 0.6) is 0 Å². The highest BCUT2D eigenvalue weighted by atomic mass is 32.2. The summed E-state index contributed by atoms with van der Waals surface area (Å²) in [6, 6.07) is 16.7. The fraction of sp³-hybridized carbons (Fsp3) is 0.360. The van der Waals surface area contributed by atoms with Crippen LogP contribution in [0.4, 0.5) is 5.00 Å². The van der Waals surface area contributed by atoms with E-state index in [1.54, 1.807) is 11.3 Å². The van der Waals surface area contributed by atoms with Crippen molar-refractivity contribution < 1.29 is 4.79 Å². The van der Waals surface area contributed by atoms with Crippen LogP contribution in [0.2, 0.25) is 0 Å². The molecule has 0 unspecified atom stereocenters. The molecular formula is C25H26N2OS2. The number of rotatable bonds is 4. The molecular weight excluding hydrogens is 408 g/mol. The topological polar surface area (TPSA) is 52.9 Å². The minimum absolute atomic E-state index is 0.0598. The van der Waals surface area contributed by atoms with Gasteiger partial charge in [0.15, 0.2) is 0 Å². The lowest BCUT2D eigenvalue weighted by atomic mass is 9.72. The first-order valence-corrected chi connectivity index (χ1v) is 12.1. The van der Waals surface area contributed by atoms with Crippen molar-refractivity contribution in [2.45, 2.75) is 44.9 Å². The molecule has 0 saturated carbocycles. The third kappa shape index (κ3) is 4.26. The number of nitrogens with zero attached hydrogens (tertiary/aromatic N) is 1. The Balaban J connectivity index is 1.47. The molecule has 3 aromatic rings. The number of thioether (sulfide) groups is 1. The Morgan fingerprint density at radius 2 is 2.00 bits per heavy atom. The molecule has 3 nitrogen and oxygen atoms in total. The number of benzene rings is 2. The van der Waals surface area contributed by atoms with Crippen LogP contribution in [0.15, 0.2) is 47.4 Å². The maximum atomic E-state index is 12.7. The average molecular weight is 435 g/mol. The Kier molecular flexibility index (Phi) is 5.90. The summed E-state index contributed by atoms with van der Waals surface area (Å²) in [6.45, 7) is 6.86. The van der Waals surface area contributed by atoms with Gasteiger partial charge in [0.05, 0.1) is 11.3 Å². The maximum Gasteiger partial charge on any atom is 0.235 e. The molecule has 0 saturated heterocycles. The third-order valence-electron chi connectivity index (χ3n) is 5.96. The number of amides is 1. The smallest absolute Gasteiger partial charge is 0.235 e. The third-order valence-corrected chi connectivity index (χ3v) is 8.21. The first-order chi connectivity index (χ1) is 14.4. The summed E-state index contributed by atoms with van der Waals surface area (Å²) in [7, 11) is 0. The number of carbonyl (C=O) groups excluding carboxylic acids is 1. The summed E-state index contributed by atoms with van der Waals surface area (Å²) in [5, 5.41) is 15.8. The van der Waals surface area contributed by atoms with Crippen LogP contribution in [0.3, 0.4) is 0 Å². The summed E-state index contributed by atoms with van der Waals surface area (Å²) in [5.41, 5.74) is 2.08. The summed E-state index contributed by atoms with van der Waals surface area (Å²) in [4.78, 5) is 15.1.